The van der Waals surface area contributed by atoms with Crippen molar-refractivity contribution in [2.45, 2.75) is 18.7 Å². The van der Waals surface area contributed by atoms with Crippen LogP contribution in [0, 0.1) is 13.8 Å². The highest BCUT2D eigenvalue weighted by Gasteiger charge is 2.01. The Balaban J connectivity index is 2.49. The van der Waals surface area contributed by atoms with Gasteiger partial charge in [-0.2, -0.15) is 0 Å². The lowest BCUT2D eigenvalue weighted by molar-refractivity contribution is 1.20. The molecule has 15 heavy (non-hydrogen) atoms. The van der Waals surface area contributed by atoms with Crippen molar-refractivity contribution in [3.63, 3.8) is 0 Å². The molecule has 1 aromatic heterocycles. The highest BCUT2D eigenvalue weighted by molar-refractivity contribution is 7.80. The molecule has 0 N–H and O–H groups in total. The van der Waals surface area contributed by atoms with Crippen LogP contribution >= 0.6 is 12.6 Å². The van der Waals surface area contributed by atoms with Gasteiger partial charge in [-0.25, -0.2) is 0 Å². The lowest BCUT2D eigenvalue weighted by Gasteiger charge is -2.06. The smallest absolute Gasteiger partial charge is 0.0373 e. The first kappa shape index (κ1) is 10.2. The van der Waals surface area contributed by atoms with Crippen molar-refractivity contribution in [1.29, 1.82) is 0 Å². The lowest BCUT2D eigenvalue weighted by Crippen LogP contribution is -1.86. The first-order valence-electron chi connectivity index (χ1n) is 4.89. The maximum atomic E-state index is 4.31. The van der Waals surface area contributed by atoms with Gasteiger partial charge in [0.05, 0.1) is 0 Å². The molecule has 0 saturated heterocycles. The van der Waals surface area contributed by atoms with Crippen molar-refractivity contribution in [3.05, 3.63) is 47.8 Å². The van der Waals surface area contributed by atoms with Crippen LogP contribution in [0.15, 0.2) is 41.4 Å². The molecule has 0 radical (unpaired) electrons. The van der Waals surface area contributed by atoms with Crippen molar-refractivity contribution in [2.24, 2.45) is 0 Å². The number of hydrogen-bond acceptors (Lipinski definition) is 2. The van der Waals surface area contributed by atoms with E-state index in [0.717, 1.165) is 16.2 Å². The summed E-state index contributed by atoms with van der Waals surface area (Å²) in [7, 11) is 0. The Hall–Kier alpha value is -1.28. The molecular formula is C13H13NS. The Morgan fingerprint density at radius 1 is 1.07 bits per heavy atom. The van der Waals surface area contributed by atoms with E-state index in [4.69, 9.17) is 0 Å². The van der Waals surface area contributed by atoms with Crippen molar-refractivity contribution in [2.75, 3.05) is 0 Å². The van der Waals surface area contributed by atoms with Gasteiger partial charge in [-0.15, -0.1) is 12.6 Å². The zero-order valence-corrected chi connectivity index (χ0v) is 9.75. The second-order valence-corrected chi connectivity index (χ2v) is 4.20. The van der Waals surface area contributed by atoms with Crippen LogP contribution < -0.4 is 0 Å². The van der Waals surface area contributed by atoms with E-state index in [2.05, 4.69) is 42.7 Å². The zero-order valence-electron chi connectivity index (χ0n) is 8.86. The molecule has 0 aliphatic carbocycles. The van der Waals surface area contributed by atoms with E-state index in [1.165, 1.54) is 11.1 Å². The van der Waals surface area contributed by atoms with Gasteiger partial charge in [-0.1, -0.05) is 12.1 Å². The van der Waals surface area contributed by atoms with Crippen LogP contribution in [-0.4, -0.2) is 4.98 Å². The molecule has 0 saturated carbocycles. The SMILES string of the molecule is Cc1ccc(-c2ccc(S)cc2C)cn1. The normalized spacial score (nSPS) is 10.3. The van der Waals surface area contributed by atoms with Gasteiger partial charge in [0, 0.05) is 22.3 Å². The lowest BCUT2D eigenvalue weighted by atomic mass is 10.0. The molecule has 0 aliphatic heterocycles. The second-order valence-electron chi connectivity index (χ2n) is 3.69. The molecule has 2 heteroatoms. The minimum absolute atomic E-state index is 0.997. The third-order valence-corrected chi connectivity index (χ3v) is 2.71. The summed E-state index contributed by atoms with van der Waals surface area (Å²) in [6.45, 7) is 4.09. The molecule has 0 spiro atoms. The number of pyridine rings is 1. The van der Waals surface area contributed by atoms with Gasteiger partial charge in [0.25, 0.3) is 0 Å². The highest BCUT2D eigenvalue weighted by Crippen LogP contribution is 2.24. The summed E-state index contributed by atoms with van der Waals surface area (Å²) >= 11 is 4.31. The maximum absolute atomic E-state index is 4.31. The molecule has 0 fully saturated rings. The first-order chi connectivity index (χ1) is 7.16. The van der Waals surface area contributed by atoms with Gasteiger partial charge in [0.15, 0.2) is 0 Å². The number of rotatable bonds is 1. The fraction of sp³-hybridized carbons (Fsp3) is 0.154. The molecule has 0 aliphatic rings. The fourth-order valence-electron chi connectivity index (χ4n) is 1.60. The minimum Gasteiger partial charge on any atom is -0.261 e. The van der Waals surface area contributed by atoms with E-state index in [9.17, 15) is 0 Å². The van der Waals surface area contributed by atoms with Crippen LogP contribution in [0.3, 0.4) is 0 Å². The summed E-state index contributed by atoms with van der Waals surface area (Å²) in [6, 6.07) is 10.3. The molecule has 1 aromatic carbocycles. The molecule has 0 amide bonds. The Morgan fingerprint density at radius 2 is 1.87 bits per heavy atom. The molecule has 1 heterocycles. The van der Waals surface area contributed by atoms with Gasteiger partial charge in [0.2, 0.25) is 0 Å². The predicted octanol–water partition coefficient (Wildman–Crippen LogP) is 3.65. The van der Waals surface area contributed by atoms with Gasteiger partial charge in [0.1, 0.15) is 0 Å². The van der Waals surface area contributed by atoms with E-state index < -0.39 is 0 Å². The van der Waals surface area contributed by atoms with Crippen molar-refractivity contribution >= 4 is 12.6 Å². The van der Waals surface area contributed by atoms with Gasteiger partial charge in [-0.3, -0.25) is 4.98 Å². The standard InChI is InChI=1S/C13H13NS/c1-9-7-12(15)5-6-13(9)11-4-3-10(2)14-8-11/h3-8,15H,1-2H3. The number of thiol groups is 1. The molecule has 1 nitrogen and oxygen atoms in total. The Kier molecular flexibility index (Phi) is 2.78. The number of aromatic nitrogens is 1. The van der Waals surface area contributed by atoms with Crippen LogP contribution in [0.2, 0.25) is 0 Å². The average molecular weight is 215 g/mol. The molecule has 76 valence electrons. The van der Waals surface area contributed by atoms with E-state index in [0.29, 0.717) is 0 Å². The van der Waals surface area contributed by atoms with E-state index in [1.807, 2.05) is 25.3 Å². The Bertz CT molecular complexity index is 474. The number of aryl methyl sites for hydroxylation is 2. The Morgan fingerprint density at radius 3 is 2.47 bits per heavy atom. The molecule has 0 atom stereocenters. The maximum Gasteiger partial charge on any atom is 0.0373 e. The van der Waals surface area contributed by atoms with Crippen LogP contribution in [0.4, 0.5) is 0 Å². The van der Waals surface area contributed by atoms with E-state index in [1.54, 1.807) is 0 Å². The van der Waals surface area contributed by atoms with Gasteiger partial charge in [-0.05, 0) is 43.2 Å². The summed E-state index contributed by atoms with van der Waals surface area (Å²) in [6.07, 6.45) is 1.91. The molecule has 2 rings (SSSR count). The van der Waals surface area contributed by atoms with Crippen LogP contribution in [0.25, 0.3) is 11.1 Å². The fourth-order valence-corrected chi connectivity index (χ4v) is 1.87. The molecular weight excluding hydrogens is 202 g/mol. The van der Waals surface area contributed by atoms with Crippen LogP contribution in [0.1, 0.15) is 11.3 Å². The average Bonchev–Trinajstić information content (AvgIpc) is 2.20. The van der Waals surface area contributed by atoms with Crippen LogP contribution in [-0.2, 0) is 0 Å². The third-order valence-electron chi connectivity index (χ3n) is 2.43. The van der Waals surface area contributed by atoms with Gasteiger partial charge >= 0.3 is 0 Å². The number of benzene rings is 1. The summed E-state index contributed by atoms with van der Waals surface area (Å²) in [4.78, 5) is 5.30. The summed E-state index contributed by atoms with van der Waals surface area (Å²) in [5.74, 6) is 0. The largest absolute Gasteiger partial charge is 0.261 e. The Labute approximate surface area is 95.6 Å². The van der Waals surface area contributed by atoms with Crippen molar-refractivity contribution in [3.8, 4) is 11.1 Å². The zero-order chi connectivity index (χ0) is 10.8. The monoisotopic (exact) mass is 215 g/mol. The molecule has 0 unspecified atom stereocenters. The predicted molar refractivity (Wildman–Crippen MR) is 66.4 cm³/mol. The van der Waals surface area contributed by atoms with Crippen molar-refractivity contribution < 1.29 is 0 Å². The first-order valence-corrected chi connectivity index (χ1v) is 5.34. The van der Waals surface area contributed by atoms with E-state index in [-0.39, 0.29) is 0 Å². The van der Waals surface area contributed by atoms with Crippen LogP contribution in [0.5, 0.6) is 0 Å². The quantitative estimate of drug-likeness (QED) is 0.716. The molecule has 2 aromatic rings. The third kappa shape index (κ3) is 2.21. The number of hydrogen-bond donors (Lipinski definition) is 1. The van der Waals surface area contributed by atoms with E-state index >= 15 is 0 Å². The highest BCUT2D eigenvalue weighted by atomic mass is 32.1. The second kappa shape index (κ2) is 4.07. The van der Waals surface area contributed by atoms with Gasteiger partial charge < -0.3 is 0 Å². The minimum atomic E-state index is 0.997. The molecule has 0 bridgehead atoms. The topological polar surface area (TPSA) is 12.9 Å². The summed E-state index contributed by atoms with van der Waals surface area (Å²) in [5.41, 5.74) is 4.65. The summed E-state index contributed by atoms with van der Waals surface area (Å²) in [5, 5.41) is 0. The van der Waals surface area contributed by atoms with Crippen molar-refractivity contribution in [1.82, 2.24) is 4.98 Å². The summed E-state index contributed by atoms with van der Waals surface area (Å²) < 4.78 is 0. The number of nitrogens with zero attached hydrogens (tertiary/aromatic N) is 1.